The van der Waals surface area contributed by atoms with Crippen molar-refractivity contribution in [2.45, 2.75) is 45.7 Å². The summed E-state index contributed by atoms with van der Waals surface area (Å²) in [5.74, 6) is 0.929. The predicted molar refractivity (Wildman–Crippen MR) is 103 cm³/mol. The molecular weight excluding hydrogens is 310 g/mol. The smallest absolute Gasteiger partial charge is 0.219 e. The highest BCUT2D eigenvalue weighted by atomic mass is 16.2. The quantitative estimate of drug-likeness (QED) is 0.822. The number of rotatable bonds is 5. The van der Waals surface area contributed by atoms with Gasteiger partial charge < -0.3 is 4.90 Å². The van der Waals surface area contributed by atoms with E-state index in [2.05, 4.69) is 54.0 Å². The van der Waals surface area contributed by atoms with Crippen LogP contribution in [0.25, 0.3) is 0 Å². The van der Waals surface area contributed by atoms with Crippen LogP contribution in [-0.2, 0) is 11.2 Å². The number of amides is 1. The van der Waals surface area contributed by atoms with Gasteiger partial charge in [0.25, 0.3) is 0 Å². The van der Waals surface area contributed by atoms with Crippen LogP contribution in [0.2, 0.25) is 0 Å². The zero-order chi connectivity index (χ0) is 17.8. The lowest BCUT2D eigenvalue weighted by atomic mass is 10.0. The maximum Gasteiger partial charge on any atom is 0.219 e. The van der Waals surface area contributed by atoms with Crippen molar-refractivity contribution in [1.29, 1.82) is 0 Å². The van der Waals surface area contributed by atoms with Crippen LogP contribution in [0.5, 0.6) is 0 Å². The summed E-state index contributed by atoms with van der Waals surface area (Å²) >= 11 is 0. The van der Waals surface area contributed by atoms with Crippen LogP contribution in [0.15, 0.2) is 30.3 Å². The molecule has 3 rings (SSSR count). The van der Waals surface area contributed by atoms with E-state index in [1.54, 1.807) is 6.92 Å². The van der Waals surface area contributed by atoms with E-state index >= 15 is 0 Å². The third-order valence-corrected chi connectivity index (χ3v) is 6.15. The van der Waals surface area contributed by atoms with E-state index in [0.29, 0.717) is 18.0 Å². The molecule has 1 amide bonds. The molecule has 4 nitrogen and oxygen atoms in total. The van der Waals surface area contributed by atoms with Crippen molar-refractivity contribution in [3.05, 3.63) is 35.9 Å². The van der Waals surface area contributed by atoms with Crippen LogP contribution in [-0.4, -0.2) is 72.0 Å². The van der Waals surface area contributed by atoms with Gasteiger partial charge in [-0.25, -0.2) is 0 Å². The van der Waals surface area contributed by atoms with Crippen molar-refractivity contribution in [1.82, 2.24) is 14.7 Å². The number of aryl methyl sites for hydroxylation is 1. The van der Waals surface area contributed by atoms with E-state index in [1.165, 1.54) is 25.1 Å². The van der Waals surface area contributed by atoms with Gasteiger partial charge in [-0.1, -0.05) is 37.3 Å². The molecule has 1 aromatic rings. The fourth-order valence-electron chi connectivity index (χ4n) is 4.39. The minimum Gasteiger partial charge on any atom is -0.340 e. The molecule has 2 fully saturated rings. The van der Waals surface area contributed by atoms with Gasteiger partial charge in [-0.15, -0.1) is 0 Å². The van der Waals surface area contributed by atoms with Gasteiger partial charge in [0, 0.05) is 58.3 Å². The number of piperazine rings is 1. The molecule has 0 spiro atoms. The monoisotopic (exact) mass is 343 g/mol. The van der Waals surface area contributed by atoms with Crippen molar-refractivity contribution in [3.8, 4) is 0 Å². The molecule has 3 atom stereocenters. The fourth-order valence-corrected chi connectivity index (χ4v) is 4.39. The first-order valence-corrected chi connectivity index (χ1v) is 9.82. The Morgan fingerprint density at radius 1 is 1.12 bits per heavy atom. The maximum absolute atomic E-state index is 11.5. The van der Waals surface area contributed by atoms with E-state index in [4.69, 9.17) is 0 Å². The second kappa shape index (κ2) is 8.33. The summed E-state index contributed by atoms with van der Waals surface area (Å²) in [7, 11) is 0. The molecule has 0 bridgehead atoms. The molecule has 2 aliphatic heterocycles. The van der Waals surface area contributed by atoms with E-state index in [-0.39, 0.29) is 5.91 Å². The number of likely N-dealkylation sites (tertiary alicyclic amines) is 1. The minimum absolute atomic E-state index is 0.218. The van der Waals surface area contributed by atoms with Crippen molar-refractivity contribution in [2.75, 3.05) is 39.3 Å². The number of carbonyl (C=O) groups is 1. The molecule has 2 heterocycles. The lowest BCUT2D eigenvalue weighted by molar-refractivity contribution is -0.130. The maximum atomic E-state index is 11.5. The Balaban J connectivity index is 1.48. The highest BCUT2D eigenvalue weighted by molar-refractivity contribution is 5.73. The number of hydrogen-bond donors (Lipinski definition) is 0. The van der Waals surface area contributed by atoms with Gasteiger partial charge in [-0.2, -0.15) is 0 Å². The Bertz CT molecular complexity index is 554. The second-order valence-electron chi connectivity index (χ2n) is 7.91. The number of benzene rings is 1. The topological polar surface area (TPSA) is 26.8 Å². The van der Waals surface area contributed by atoms with Gasteiger partial charge in [0.05, 0.1) is 0 Å². The highest BCUT2D eigenvalue weighted by Crippen LogP contribution is 2.26. The molecule has 0 aliphatic carbocycles. The zero-order valence-corrected chi connectivity index (χ0v) is 16.0. The summed E-state index contributed by atoms with van der Waals surface area (Å²) in [6.07, 6.45) is 2.39. The minimum atomic E-state index is 0.218. The first-order chi connectivity index (χ1) is 12.0. The van der Waals surface area contributed by atoms with Crippen molar-refractivity contribution >= 4 is 5.91 Å². The van der Waals surface area contributed by atoms with Crippen LogP contribution in [0.3, 0.4) is 0 Å². The SMILES string of the molecule is CC(=O)N1CCN([C@@H]2CN([C@H](C)CCc3ccccc3)C[C@@H]2C)CC1. The van der Waals surface area contributed by atoms with Gasteiger partial charge in [0.2, 0.25) is 5.91 Å². The summed E-state index contributed by atoms with van der Waals surface area (Å²) in [6.45, 7) is 12.7. The van der Waals surface area contributed by atoms with Crippen LogP contribution in [0.4, 0.5) is 0 Å². The van der Waals surface area contributed by atoms with Gasteiger partial charge in [0.1, 0.15) is 0 Å². The normalized spacial score (nSPS) is 26.8. The number of nitrogens with zero attached hydrogens (tertiary/aromatic N) is 3. The largest absolute Gasteiger partial charge is 0.340 e. The average molecular weight is 344 g/mol. The molecule has 0 unspecified atom stereocenters. The Morgan fingerprint density at radius 3 is 2.44 bits per heavy atom. The number of carbonyl (C=O) groups excluding carboxylic acids is 1. The molecule has 138 valence electrons. The molecule has 1 aromatic carbocycles. The van der Waals surface area contributed by atoms with Crippen molar-refractivity contribution in [3.63, 3.8) is 0 Å². The lowest BCUT2D eigenvalue weighted by Crippen LogP contribution is -2.53. The zero-order valence-electron chi connectivity index (χ0n) is 16.0. The van der Waals surface area contributed by atoms with E-state index in [0.717, 1.165) is 32.6 Å². The predicted octanol–water partition coefficient (Wildman–Crippen LogP) is 2.49. The third kappa shape index (κ3) is 4.62. The first-order valence-electron chi connectivity index (χ1n) is 9.82. The van der Waals surface area contributed by atoms with Gasteiger partial charge in [-0.05, 0) is 31.2 Å². The molecule has 0 N–H and O–H groups in total. The third-order valence-electron chi connectivity index (χ3n) is 6.15. The summed E-state index contributed by atoms with van der Waals surface area (Å²) in [4.78, 5) is 18.8. The molecule has 2 saturated heterocycles. The molecular formula is C21H33N3O. The van der Waals surface area contributed by atoms with E-state index in [9.17, 15) is 4.79 Å². The van der Waals surface area contributed by atoms with E-state index < -0.39 is 0 Å². The van der Waals surface area contributed by atoms with E-state index in [1.807, 2.05) is 4.90 Å². The average Bonchev–Trinajstić information content (AvgIpc) is 3.02. The standard InChI is InChI=1S/C21H33N3O/c1-17-15-24(18(2)9-10-20-7-5-4-6-8-20)16-21(17)23-13-11-22(12-14-23)19(3)25/h4-8,17-18,21H,9-16H2,1-3H3/t17-,18+,21+/m0/s1. The first kappa shape index (κ1) is 18.4. The van der Waals surface area contributed by atoms with Gasteiger partial charge in [0.15, 0.2) is 0 Å². The van der Waals surface area contributed by atoms with Crippen LogP contribution in [0.1, 0.15) is 32.8 Å². The molecule has 25 heavy (non-hydrogen) atoms. The van der Waals surface area contributed by atoms with Crippen molar-refractivity contribution in [2.24, 2.45) is 5.92 Å². The Labute approximate surface area is 152 Å². The molecule has 0 radical (unpaired) electrons. The summed E-state index contributed by atoms with van der Waals surface area (Å²) in [5.41, 5.74) is 1.44. The summed E-state index contributed by atoms with van der Waals surface area (Å²) in [5, 5.41) is 0. The fraction of sp³-hybridized carbons (Fsp3) is 0.667. The number of hydrogen-bond acceptors (Lipinski definition) is 3. The molecule has 0 saturated carbocycles. The summed E-state index contributed by atoms with van der Waals surface area (Å²) < 4.78 is 0. The van der Waals surface area contributed by atoms with Crippen LogP contribution < -0.4 is 0 Å². The molecule has 0 aromatic heterocycles. The van der Waals surface area contributed by atoms with Crippen LogP contribution in [0, 0.1) is 5.92 Å². The van der Waals surface area contributed by atoms with Gasteiger partial charge >= 0.3 is 0 Å². The summed E-state index contributed by atoms with van der Waals surface area (Å²) in [6, 6.07) is 12.1. The van der Waals surface area contributed by atoms with Crippen molar-refractivity contribution < 1.29 is 4.79 Å². The Morgan fingerprint density at radius 2 is 1.80 bits per heavy atom. The van der Waals surface area contributed by atoms with Gasteiger partial charge in [-0.3, -0.25) is 14.6 Å². The highest BCUT2D eigenvalue weighted by Gasteiger charge is 2.36. The Kier molecular flexibility index (Phi) is 6.13. The second-order valence-corrected chi connectivity index (χ2v) is 7.91. The Hall–Kier alpha value is -1.39. The van der Waals surface area contributed by atoms with Crippen LogP contribution >= 0.6 is 0 Å². The molecule has 2 aliphatic rings. The lowest BCUT2D eigenvalue weighted by Gasteiger charge is -2.39. The molecule has 4 heteroatoms.